The molecule has 0 saturated carbocycles. The lowest BCUT2D eigenvalue weighted by Gasteiger charge is -2.22. The van der Waals surface area contributed by atoms with Crippen LogP contribution in [0.5, 0.6) is 0 Å². The first-order valence-corrected chi connectivity index (χ1v) is 6.50. The van der Waals surface area contributed by atoms with Crippen molar-refractivity contribution in [3.8, 4) is 0 Å². The number of urea groups is 1. The fourth-order valence-corrected chi connectivity index (χ4v) is 2.38. The number of aliphatic carboxylic acids is 1. The second kappa shape index (κ2) is 5.67. The number of hydrogen-bond acceptors (Lipinski definition) is 2. The SMILES string of the molecule is O=C(O)[C@H]1CCCN1C(=O)Nc1cc(Cl)ccc1Cl. The lowest BCUT2D eigenvalue weighted by molar-refractivity contribution is -0.141. The van der Waals surface area contributed by atoms with Crippen molar-refractivity contribution in [3.05, 3.63) is 28.2 Å². The number of anilines is 1. The van der Waals surface area contributed by atoms with Gasteiger partial charge < -0.3 is 15.3 Å². The molecule has 19 heavy (non-hydrogen) atoms. The van der Waals surface area contributed by atoms with Crippen LogP contribution in [-0.4, -0.2) is 34.6 Å². The second-order valence-electron chi connectivity index (χ2n) is 4.24. The van der Waals surface area contributed by atoms with Gasteiger partial charge in [-0.3, -0.25) is 0 Å². The van der Waals surface area contributed by atoms with E-state index in [1.54, 1.807) is 12.1 Å². The van der Waals surface area contributed by atoms with Gasteiger partial charge in [0.05, 0.1) is 10.7 Å². The highest BCUT2D eigenvalue weighted by atomic mass is 35.5. The Bertz CT molecular complexity index is 522. The molecule has 0 bridgehead atoms. The van der Waals surface area contributed by atoms with Crippen molar-refractivity contribution in [2.24, 2.45) is 0 Å². The zero-order chi connectivity index (χ0) is 14.0. The summed E-state index contributed by atoms with van der Waals surface area (Å²) in [5, 5.41) is 12.4. The number of nitrogens with zero attached hydrogens (tertiary/aromatic N) is 1. The summed E-state index contributed by atoms with van der Waals surface area (Å²) in [6.07, 6.45) is 1.14. The van der Waals surface area contributed by atoms with Crippen molar-refractivity contribution in [1.29, 1.82) is 0 Å². The van der Waals surface area contributed by atoms with Crippen molar-refractivity contribution < 1.29 is 14.7 Å². The maximum atomic E-state index is 12.0. The second-order valence-corrected chi connectivity index (χ2v) is 5.09. The lowest BCUT2D eigenvalue weighted by atomic mass is 10.2. The van der Waals surface area contributed by atoms with Crippen LogP contribution >= 0.6 is 23.2 Å². The molecular formula is C12H12Cl2N2O3. The summed E-state index contributed by atoms with van der Waals surface area (Å²) in [7, 11) is 0. The Morgan fingerprint density at radius 2 is 2.11 bits per heavy atom. The standard InChI is InChI=1S/C12H12Cl2N2O3/c13-7-3-4-8(14)9(6-7)15-12(19)16-5-1-2-10(16)11(17)18/h3-4,6,10H,1-2,5H2,(H,15,19)(H,17,18)/t10-/m1/s1. The molecule has 1 aromatic carbocycles. The third-order valence-corrected chi connectivity index (χ3v) is 3.53. The summed E-state index contributed by atoms with van der Waals surface area (Å²) in [5.41, 5.74) is 0.371. The molecule has 0 aliphatic carbocycles. The minimum atomic E-state index is -0.996. The summed E-state index contributed by atoms with van der Waals surface area (Å²) in [6, 6.07) is 3.44. The summed E-state index contributed by atoms with van der Waals surface area (Å²) in [6.45, 7) is 0.418. The number of rotatable bonds is 2. The normalized spacial score (nSPS) is 18.4. The minimum Gasteiger partial charge on any atom is -0.480 e. The molecule has 0 spiro atoms. The van der Waals surface area contributed by atoms with Gasteiger partial charge in [-0.15, -0.1) is 0 Å². The number of amides is 2. The quantitative estimate of drug-likeness (QED) is 0.882. The van der Waals surface area contributed by atoms with E-state index in [4.69, 9.17) is 28.3 Å². The molecule has 2 amide bonds. The molecule has 0 radical (unpaired) electrons. The van der Waals surface area contributed by atoms with Gasteiger partial charge in [0.1, 0.15) is 6.04 Å². The molecule has 0 unspecified atom stereocenters. The molecule has 5 nitrogen and oxygen atoms in total. The van der Waals surface area contributed by atoms with Crippen molar-refractivity contribution in [1.82, 2.24) is 4.90 Å². The average molecular weight is 303 g/mol. The number of halogens is 2. The number of benzene rings is 1. The molecular weight excluding hydrogens is 291 g/mol. The van der Waals surface area contributed by atoms with Crippen LogP contribution in [0.25, 0.3) is 0 Å². The molecule has 1 aliphatic rings. The Balaban J connectivity index is 2.12. The van der Waals surface area contributed by atoms with Crippen molar-refractivity contribution in [2.45, 2.75) is 18.9 Å². The number of carboxylic acid groups (broad SMARTS) is 1. The van der Waals surface area contributed by atoms with Gasteiger partial charge in [0, 0.05) is 11.6 Å². The Morgan fingerprint density at radius 3 is 2.79 bits per heavy atom. The average Bonchev–Trinajstić information content (AvgIpc) is 2.83. The van der Waals surface area contributed by atoms with E-state index in [9.17, 15) is 9.59 Å². The first-order valence-electron chi connectivity index (χ1n) is 5.74. The zero-order valence-electron chi connectivity index (χ0n) is 9.90. The smallest absolute Gasteiger partial charge is 0.326 e. The Morgan fingerprint density at radius 1 is 1.37 bits per heavy atom. The van der Waals surface area contributed by atoms with E-state index in [-0.39, 0.29) is 0 Å². The Labute approximate surface area is 120 Å². The van der Waals surface area contributed by atoms with Crippen LogP contribution in [0, 0.1) is 0 Å². The number of carbonyl (C=O) groups excluding carboxylic acids is 1. The maximum Gasteiger partial charge on any atom is 0.326 e. The fraction of sp³-hybridized carbons (Fsp3) is 0.333. The van der Waals surface area contributed by atoms with E-state index in [2.05, 4.69) is 5.32 Å². The van der Waals surface area contributed by atoms with Crippen LogP contribution < -0.4 is 5.32 Å². The van der Waals surface area contributed by atoms with Crippen molar-refractivity contribution >= 4 is 40.9 Å². The molecule has 2 rings (SSSR count). The van der Waals surface area contributed by atoms with Crippen LogP contribution in [0.3, 0.4) is 0 Å². The van der Waals surface area contributed by atoms with Crippen LogP contribution in [-0.2, 0) is 4.79 Å². The number of hydrogen-bond donors (Lipinski definition) is 2. The Hall–Kier alpha value is -1.46. The summed E-state index contributed by atoms with van der Waals surface area (Å²) < 4.78 is 0. The van der Waals surface area contributed by atoms with Crippen LogP contribution in [0.15, 0.2) is 18.2 Å². The topological polar surface area (TPSA) is 69.6 Å². The van der Waals surface area contributed by atoms with Gasteiger partial charge in [-0.05, 0) is 31.0 Å². The molecule has 1 fully saturated rings. The first kappa shape index (κ1) is 14.0. The number of likely N-dealkylation sites (tertiary alicyclic amines) is 1. The van der Waals surface area contributed by atoms with Gasteiger partial charge in [-0.2, -0.15) is 0 Å². The van der Waals surface area contributed by atoms with E-state index >= 15 is 0 Å². The predicted molar refractivity (Wildman–Crippen MR) is 72.8 cm³/mol. The summed E-state index contributed by atoms with van der Waals surface area (Å²) in [5.74, 6) is -0.996. The molecule has 1 aliphatic heterocycles. The molecule has 1 saturated heterocycles. The lowest BCUT2D eigenvalue weighted by Crippen LogP contribution is -2.42. The minimum absolute atomic E-state index is 0.351. The van der Waals surface area contributed by atoms with Crippen molar-refractivity contribution in [3.63, 3.8) is 0 Å². The summed E-state index contributed by atoms with van der Waals surface area (Å²) >= 11 is 11.8. The molecule has 1 atom stereocenters. The molecule has 102 valence electrons. The van der Waals surface area contributed by atoms with E-state index in [0.29, 0.717) is 35.1 Å². The predicted octanol–water partition coefficient (Wildman–Crippen LogP) is 3.07. The zero-order valence-corrected chi connectivity index (χ0v) is 11.4. The highest BCUT2D eigenvalue weighted by molar-refractivity contribution is 6.35. The third kappa shape index (κ3) is 3.11. The number of carbonyl (C=O) groups is 2. The van der Waals surface area contributed by atoms with E-state index in [1.165, 1.54) is 11.0 Å². The highest BCUT2D eigenvalue weighted by Gasteiger charge is 2.34. The van der Waals surface area contributed by atoms with Gasteiger partial charge in [0.15, 0.2) is 0 Å². The van der Waals surface area contributed by atoms with Gasteiger partial charge in [-0.1, -0.05) is 23.2 Å². The number of nitrogens with one attached hydrogen (secondary N) is 1. The Kier molecular flexibility index (Phi) is 4.17. The molecule has 7 heteroatoms. The monoisotopic (exact) mass is 302 g/mol. The van der Waals surface area contributed by atoms with Gasteiger partial charge >= 0.3 is 12.0 Å². The molecule has 2 N–H and O–H groups in total. The first-order chi connectivity index (χ1) is 8.99. The highest BCUT2D eigenvalue weighted by Crippen LogP contribution is 2.26. The van der Waals surface area contributed by atoms with Gasteiger partial charge in [0.25, 0.3) is 0 Å². The largest absolute Gasteiger partial charge is 0.480 e. The fourth-order valence-electron chi connectivity index (χ4n) is 2.05. The van der Waals surface area contributed by atoms with Crippen LogP contribution in [0.2, 0.25) is 10.0 Å². The van der Waals surface area contributed by atoms with E-state index in [1.807, 2.05) is 0 Å². The summed E-state index contributed by atoms with van der Waals surface area (Å²) in [4.78, 5) is 24.4. The van der Waals surface area contributed by atoms with E-state index in [0.717, 1.165) is 0 Å². The number of carboxylic acids is 1. The van der Waals surface area contributed by atoms with Crippen LogP contribution in [0.1, 0.15) is 12.8 Å². The molecule has 0 aromatic heterocycles. The third-order valence-electron chi connectivity index (χ3n) is 2.97. The van der Waals surface area contributed by atoms with Gasteiger partial charge in [0.2, 0.25) is 0 Å². The van der Waals surface area contributed by atoms with Crippen molar-refractivity contribution in [2.75, 3.05) is 11.9 Å². The molecule has 1 heterocycles. The molecule has 1 aromatic rings. The van der Waals surface area contributed by atoms with E-state index < -0.39 is 18.0 Å². The van der Waals surface area contributed by atoms with Gasteiger partial charge in [-0.25, -0.2) is 9.59 Å². The maximum absolute atomic E-state index is 12.0. The van der Waals surface area contributed by atoms with Crippen LogP contribution in [0.4, 0.5) is 10.5 Å².